The first-order valence-corrected chi connectivity index (χ1v) is 6.90. The van der Waals surface area contributed by atoms with Gasteiger partial charge in [0.05, 0.1) is 11.9 Å². The molecule has 4 heteroatoms. The van der Waals surface area contributed by atoms with Crippen molar-refractivity contribution in [1.82, 2.24) is 4.98 Å². The lowest BCUT2D eigenvalue weighted by molar-refractivity contribution is -0.116. The molecule has 1 amide bonds. The van der Waals surface area contributed by atoms with Crippen molar-refractivity contribution in [1.29, 1.82) is 0 Å². The zero-order valence-corrected chi connectivity index (χ0v) is 12.4. The fourth-order valence-electron chi connectivity index (χ4n) is 1.98. The van der Waals surface area contributed by atoms with Gasteiger partial charge in [-0.3, -0.25) is 4.79 Å². The van der Waals surface area contributed by atoms with Crippen molar-refractivity contribution in [3.8, 4) is 0 Å². The topological polar surface area (TPSA) is 42.0 Å². The molecule has 0 fully saturated rings. The average molecular weight is 289 g/mol. The SMILES string of the molecule is Cc1cccc(CCC(=O)Nc2cnc(Cl)c(C)c2)c1. The second-order valence-corrected chi connectivity index (χ2v) is 5.23. The van der Waals surface area contributed by atoms with Crippen LogP contribution in [-0.2, 0) is 11.2 Å². The maximum atomic E-state index is 11.9. The van der Waals surface area contributed by atoms with Crippen LogP contribution in [0, 0.1) is 13.8 Å². The molecule has 3 nitrogen and oxygen atoms in total. The minimum absolute atomic E-state index is 0.0185. The molecule has 0 spiro atoms. The van der Waals surface area contributed by atoms with Crippen LogP contribution >= 0.6 is 11.6 Å². The maximum Gasteiger partial charge on any atom is 0.224 e. The number of aromatic nitrogens is 1. The second kappa shape index (κ2) is 6.53. The van der Waals surface area contributed by atoms with Gasteiger partial charge in [0.25, 0.3) is 0 Å². The van der Waals surface area contributed by atoms with E-state index in [0.717, 1.165) is 12.0 Å². The number of carbonyl (C=O) groups excluding carboxylic acids is 1. The van der Waals surface area contributed by atoms with Crippen LogP contribution in [0.4, 0.5) is 5.69 Å². The summed E-state index contributed by atoms with van der Waals surface area (Å²) in [6.45, 7) is 3.91. The molecule has 0 unspecified atom stereocenters. The van der Waals surface area contributed by atoms with Gasteiger partial charge in [-0.05, 0) is 37.5 Å². The van der Waals surface area contributed by atoms with Crippen molar-refractivity contribution < 1.29 is 4.79 Å². The van der Waals surface area contributed by atoms with Gasteiger partial charge in [0.15, 0.2) is 0 Å². The number of hydrogen-bond donors (Lipinski definition) is 1. The maximum absolute atomic E-state index is 11.9. The monoisotopic (exact) mass is 288 g/mol. The predicted molar refractivity (Wildman–Crippen MR) is 82.1 cm³/mol. The van der Waals surface area contributed by atoms with Crippen LogP contribution in [0.25, 0.3) is 0 Å². The number of benzene rings is 1. The average Bonchev–Trinajstić information content (AvgIpc) is 2.41. The summed E-state index contributed by atoms with van der Waals surface area (Å²) in [4.78, 5) is 15.9. The molecule has 0 atom stereocenters. The van der Waals surface area contributed by atoms with Crippen molar-refractivity contribution in [2.75, 3.05) is 5.32 Å². The summed E-state index contributed by atoms with van der Waals surface area (Å²) >= 11 is 5.85. The summed E-state index contributed by atoms with van der Waals surface area (Å²) in [6, 6.07) is 10.0. The second-order valence-electron chi connectivity index (χ2n) is 4.87. The normalized spacial score (nSPS) is 10.3. The lowest BCUT2D eigenvalue weighted by atomic mass is 10.1. The van der Waals surface area contributed by atoms with Gasteiger partial charge in [0, 0.05) is 6.42 Å². The molecule has 2 aromatic rings. The fraction of sp³-hybridized carbons (Fsp3) is 0.250. The quantitative estimate of drug-likeness (QED) is 0.866. The first-order chi connectivity index (χ1) is 9.54. The molecule has 20 heavy (non-hydrogen) atoms. The minimum Gasteiger partial charge on any atom is -0.325 e. The van der Waals surface area contributed by atoms with E-state index >= 15 is 0 Å². The van der Waals surface area contributed by atoms with Crippen molar-refractivity contribution in [3.63, 3.8) is 0 Å². The zero-order valence-electron chi connectivity index (χ0n) is 11.6. The van der Waals surface area contributed by atoms with Crippen LogP contribution in [0.5, 0.6) is 0 Å². The summed E-state index contributed by atoms with van der Waals surface area (Å²) < 4.78 is 0. The number of halogens is 1. The van der Waals surface area contributed by atoms with E-state index in [9.17, 15) is 4.79 Å². The van der Waals surface area contributed by atoms with Gasteiger partial charge in [-0.15, -0.1) is 0 Å². The molecule has 104 valence electrons. The lowest BCUT2D eigenvalue weighted by Crippen LogP contribution is -2.12. The number of nitrogens with one attached hydrogen (secondary N) is 1. The van der Waals surface area contributed by atoms with Gasteiger partial charge in [-0.25, -0.2) is 4.98 Å². The molecular weight excluding hydrogens is 272 g/mol. The number of hydrogen-bond acceptors (Lipinski definition) is 2. The molecule has 0 saturated carbocycles. The van der Waals surface area contributed by atoms with Crippen LogP contribution in [0.1, 0.15) is 23.1 Å². The molecule has 1 N–H and O–H groups in total. The highest BCUT2D eigenvalue weighted by Crippen LogP contribution is 2.16. The van der Waals surface area contributed by atoms with Crippen LogP contribution in [0.15, 0.2) is 36.5 Å². The smallest absolute Gasteiger partial charge is 0.224 e. The Morgan fingerprint density at radius 2 is 2.10 bits per heavy atom. The van der Waals surface area contributed by atoms with Crippen LogP contribution in [0.3, 0.4) is 0 Å². The van der Waals surface area contributed by atoms with Crippen molar-refractivity contribution in [2.45, 2.75) is 26.7 Å². The highest BCUT2D eigenvalue weighted by molar-refractivity contribution is 6.30. The summed E-state index contributed by atoms with van der Waals surface area (Å²) in [6.07, 6.45) is 2.75. The number of anilines is 1. The Labute approximate surface area is 124 Å². The summed E-state index contributed by atoms with van der Waals surface area (Å²) in [7, 11) is 0. The molecule has 1 aromatic heterocycles. The predicted octanol–water partition coefficient (Wildman–Crippen LogP) is 3.92. The third kappa shape index (κ3) is 4.07. The molecule has 2 rings (SSSR count). The minimum atomic E-state index is -0.0185. The Morgan fingerprint density at radius 1 is 1.30 bits per heavy atom. The Bertz CT molecular complexity index is 626. The summed E-state index contributed by atoms with van der Waals surface area (Å²) in [5.41, 5.74) is 3.91. The zero-order chi connectivity index (χ0) is 14.5. The fourth-order valence-corrected chi connectivity index (χ4v) is 2.08. The van der Waals surface area contributed by atoms with Crippen LogP contribution in [0.2, 0.25) is 5.15 Å². The van der Waals surface area contributed by atoms with Crippen molar-refractivity contribution >= 4 is 23.2 Å². The van der Waals surface area contributed by atoms with E-state index < -0.39 is 0 Å². The molecule has 1 heterocycles. The van der Waals surface area contributed by atoms with E-state index in [2.05, 4.69) is 16.4 Å². The molecule has 0 radical (unpaired) electrons. The van der Waals surface area contributed by atoms with Crippen LogP contribution in [-0.4, -0.2) is 10.9 Å². The number of rotatable bonds is 4. The number of aryl methyl sites for hydroxylation is 3. The number of nitrogens with zero attached hydrogens (tertiary/aromatic N) is 1. The molecule has 0 aliphatic rings. The lowest BCUT2D eigenvalue weighted by Gasteiger charge is -2.07. The van der Waals surface area contributed by atoms with Gasteiger partial charge < -0.3 is 5.32 Å². The van der Waals surface area contributed by atoms with E-state index in [4.69, 9.17) is 11.6 Å². The Kier molecular flexibility index (Phi) is 4.74. The van der Waals surface area contributed by atoms with Gasteiger partial charge in [0.2, 0.25) is 5.91 Å². The first kappa shape index (κ1) is 14.5. The van der Waals surface area contributed by atoms with Gasteiger partial charge in [0.1, 0.15) is 5.15 Å². The van der Waals surface area contributed by atoms with Crippen LogP contribution < -0.4 is 5.32 Å². The highest BCUT2D eigenvalue weighted by atomic mass is 35.5. The third-order valence-electron chi connectivity index (χ3n) is 3.02. The van der Waals surface area contributed by atoms with E-state index in [1.165, 1.54) is 11.1 Å². The van der Waals surface area contributed by atoms with E-state index in [0.29, 0.717) is 17.3 Å². The summed E-state index contributed by atoms with van der Waals surface area (Å²) in [5.74, 6) is -0.0185. The standard InChI is InChI=1S/C16H17ClN2O/c1-11-4-3-5-13(8-11)6-7-15(20)19-14-9-12(2)16(17)18-10-14/h3-5,8-10H,6-7H2,1-2H3,(H,19,20). The Balaban J connectivity index is 1.91. The third-order valence-corrected chi connectivity index (χ3v) is 3.42. The number of carbonyl (C=O) groups is 1. The van der Waals surface area contributed by atoms with Gasteiger partial charge in [-0.1, -0.05) is 41.4 Å². The number of pyridine rings is 1. The van der Waals surface area contributed by atoms with Gasteiger partial charge >= 0.3 is 0 Å². The first-order valence-electron chi connectivity index (χ1n) is 6.52. The highest BCUT2D eigenvalue weighted by Gasteiger charge is 2.05. The largest absolute Gasteiger partial charge is 0.325 e. The van der Waals surface area contributed by atoms with E-state index in [1.54, 1.807) is 6.20 Å². The Morgan fingerprint density at radius 3 is 2.80 bits per heavy atom. The molecule has 0 bridgehead atoms. The number of amides is 1. The molecule has 1 aromatic carbocycles. The summed E-state index contributed by atoms with van der Waals surface area (Å²) in [5, 5.41) is 3.30. The Hall–Kier alpha value is -1.87. The van der Waals surface area contributed by atoms with Crippen molar-refractivity contribution in [2.24, 2.45) is 0 Å². The molecular formula is C16H17ClN2O. The molecule has 0 aliphatic heterocycles. The van der Waals surface area contributed by atoms with Crippen molar-refractivity contribution in [3.05, 3.63) is 58.4 Å². The van der Waals surface area contributed by atoms with Gasteiger partial charge in [-0.2, -0.15) is 0 Å². The van der Waals surface area contributed by atoms with E-state index in [1.807, 2.05) is 38.1 Å². The molecule has 0 saturated heterocycles. The van der Waals surface area contributed by atoms with E-state index in [-0.39, 0.29) is 5.91 Å². The molecule has 0 aliphatic carbocycles.